The van der Waals surface area contributed by atoms with E-state index in [1.54, 1.807) is 20.8 Å². The lowest BCUT2D eigenvalue weighted by Gasteiger charge is -2.27. The molecule has 2 fully saturated rings. The number of likely N-dealkylation sites (tertiary alicyclic amines) is 2. The lowest BCUT2D eigenvalue weighted by Crippen LogP contribution is -2.43. The van der Waals surface area contributed by atoms with Crippen molar-refractivity contribution in [3.05, 3.63) is 0 Å². The van der Waals surface area contributed by atoms with E-state index < -0.39 is 23.3 Å². The van der Waals surface area contributed by atoms with Crippen molar-refractivity contribution in [1.82, 2.24) is 9.80 Å². The van der Waals surface area contributed by atoms with Gasteiger partial charge in [-0.3, -0.25) is 9.80 Å². The highest BCUT2D eigenvalue weighted by Crippen LogP contribution is 2.21. The van der Waals surface area contributed by atoms with Crippen molar-refractivity contribution in [2.45, 2.75) is 90.5 Å². The van der Waals surface area contributed by atoms with E-state index in [4.69, 9.17) is 9.47 Å². The summed E-state index contributed by atoms with van der Waals surface area (Å²) in [6.07, 6.45) is 3.07. The van der Waals surface area contributed by atoms with Crippen molar-refractivity contribution in [3.63, 3.8) is 0 Å². The Morgan fingerprint density at radius 2 is 1.30 bits per heavy atom. The minimum absolute atomic E-state index is 0.287. The quantitative estimate of drug-likeness (QED) is 0.378. The first-order valence-electron chi connectivity index (χ1n) is 10.3. The highest BCUT2D eigenvalue weighted by atomic mass is 16.6. The molecule has 0 radical (unpaired) electrons. The van der Waals surface area contributed by atoms with E-state index in [0.717, 1.165) is 25.5 Å². The third-order valence-corrected chi connectivity index (χ3v) is 4.44. The Hall–Kier alpha value is -2.32. The number of carbonyl (C=O) groups is 4. The molecule has 0 aromatic rings. The van der Waals surface area contributed by atoms with E-state index in [1.165, 1.54) is 16.9 Å². The molecule has 2 saturated heterocycles. The second kappa shape index (κ2) is 10.6. The van der Waals surface area contributed by atoms with Crippen LogP contribution in [0.5, 0.6) is 0 Å². The smallest absolute Gasteiger partial charge is 0.411 e. The number of hydrogen-bond acceptors (Lipinski definition) is 7. The molecule has 9 nitrogen and oxygen atoms in total. The molecule has 2 aliphatic rings. The predicted octanol–water partition coefficient (Wildman–Crippen LogP) is 3.14. The molecule has 30 heavy (non-hydrogen) atoms. The fourth-order valence-electron chi connectivity index (χ4n) is 3.17. The van der Waals surface area contributed by atoms with Gasteiger partial charge in [0.05, 0.1) is 13.2 Å². The maximum atomic E-state index is 11.8. The molecule has 9 heteroatoms. The molecule has 2 atom stereocenters. The van der Waals surface area contributed by atoms with Crippen LogP contribution < -0.4 is 0 Å². The summed E-state index contributed by atoms with van der Waals surface area (Å²) in [4.78, 5) is 48.4. The first kappa shape index (κ1) is 25.7. The van der Waals surface area contributed by atoms with Crippen LogP contribution in [0.3, 0.4) is 0 Å². The molecule has 0 N–H and O–H groups in total. The van der Waals surface area contributed by atoms with Gasteiger partial charge in [0.25, 0.3) is 0 Å². The molecule has 172 valence electrons. The zero-order chi connectivity index (χ0) is 23.1. The topological polar surface area (TPSA) is 102 Å². The molecule has 2 heterocycles. The first-order valence-corrected chi connectivity index (χ1v) is 10.3. The number of aldehydes is 1. The second-order valence-corrected chi connectivity index (χ2v) is 9.37. The standard InChI is InChI=1S/C11H19NO4.C10H17NO3/c1-11(2,3)16-10(14)12-7-5-6-8(12)9(13)15-4;1-10(2,3)14-9(13)11-6-4-5-8(11)7-12/h8H,5-7H2,1-4H3;7-8H,4-6H2,1-3H3. The molecule has 0 aromatic carbocycles. The average Bonchev–Trinajstić information content (AvgIpc) is 3.27. The van der Waals surface area contributed by atoms with Crippen molar-refractivity contribution >= 4 is 24.4 Å². The maximum absolute atomic E-state index is 11.8. The van der Waals surface area contributed by atoms with Gasteiger partial charge in [-0.15, -0.1) is 0 Å². The normalized spacial score (nSPS) is 21.4. The largest absolute Gasteiger partial charge is 0.467 e. The van der Waals surface area contributed by atoms with Gasteiger partial charge in [-0.25, -0.2) is 14.4 Å². The second-order valence-electron chi connectivity index (χ2n) is 9.37. The predicted molar refractivity (Wildman–Crippen MR) is 110 cm³/mol. The molecule has 2 rings (SSSR count). The van der Waals surface area contributed by atoms with Crippen LogP contribution in [0.4, 0.5) is 9.59 Å². The molecule has 0 bridgehead atoms. The summed E-state index contributed by atoms with van der Waals surface area (Å²) >= 11 is 0. The summed E-state index contributed by atoms with van der Waals surface area (Å²) in [6.45, 7) is 12.0. The highest BCUT2D eigenvalue weighted by Gasteiger charge is 2.37. The molecule has 2 aliphatic heterocycles. The van der Waals surface area contributed by atoms with Gasteiger partial charge in [-0.1, -0.05) is 0 Å². The van der Waals surface area contributed by atoms with E-state index in [9.17, 15) is 19.2 Å². The van der Waals surface area contributed by atoms with Crippen LogP contribution in [0.1, 0.15) is 67.2 Å². The van der Waals surface area contributed by atoms with Gasteiger partial charge in [0, 0.05) is 13.1 Å². The molecule has 0 aromatic heterocycles. The molecular weight excluding hydrogens is 392 g/mol. The maximum Gasteiger partial charge on any atom is 0.411 e. The summed E-state index contributed by atoms with van der Waals surface area (Å²) < 4.78 is 15.1. The Morgan fingerprint density at radius 3 is 1.77 bits per heavy atom. The molecule has 0 saturated carbocycles. The van der Waals surface area contributed by atoms with Crippen LogP contribution in [0.25, 0.3) is 0 Å². The van der Waals surface area contributed by atoms with E-state index in [-0.39, 0.29) is 18.1 Å². The highest BCUT2D eigenvalue weighted by molar-refractivity contribution is 5.82. The Balaban J connectivity index is 0.000000303. The summed E-state index contributed by atoms with van der Waals surface area (Å²) in [7, 11) is 1.33. The van der Waals surface area contributed by atoms with E-state index in [2.05, 4.69) is 4.74 Å². The minimum Gasteiger partial charge on any atom is -0.467 e. The molecular formula is C21H36N2O7. The van der Waals surface area contributed by atoms with Crippen molar-refractivity contribution in [3.8, 4) is 0 Å². The van der Waals surface area contributed by atoms with Crippen LogP contribution in [0.2, 0.25) is 0 Å². The SMILES string of the molecule is CC(C)(C)OC(=O)N1CCCC1C=O.COC(=O)C1CCCN1C(=O)OC(C)(C)C. The van der Waals surface area contributed by atoms with Gasteiger partial charge >= 0.3 is 18.2 Å². The average molecular weight is 429 g/mol. The van der Waals surface area contributed by atoms with Gasteiger partial charge in [0.15, 0.2) is 0 Å². The van der Waals surface area contributed by atoms with Gasteiger partial charge in [0.1, 0.15) is 23.5 Å². The van der Waals surface area contributed by atoms with E-state index >= 15 is 0 Å². The Labute approximate surface area is 179 Å². The zero-order valence-corrected chi connectivity index (χ0v) is 19.2. The number of methoxy groups -OCH3 is 1. The third-order valence-electron chi connectivity index (χ3n) is 4.44. The minimum atomic E-state index is -0.541. The van der Waals surface area contributed by atoms with Crippen molar-refractivity contribution < 1.29 is 33.4 Å². The first-order chi connectivity index (χ1) is 13.8. The third kappa shape index (κ3) is 8.20. The Kier molecular flexibility index (Phi) is 9.11. The van der Waals surface area contributed by atoms with Gasteiger partial charge in [-0.05, 0) is 67.2 Å². The lowest BCUT2D eigenvalue weighted by atomic mass is 10.2. The fraction of sp³-hybridized carbons (Fsp3) is 0.810. The number of ether oxygens (including phenoxy) is 3. The van der Waals surface area contributed by atoms with E-state index in [1.807, 2.05) is 20.8 Å². The Bertz CT molecular complexity index is 622. The van der Waals surface area contributed by atoms with Gasteiger partial charge in [-0.2, -0.15) is 0 Å². The summed E-state index contributed by atoms with van der Waals surface area (Å²) in [5.41, 5.74) is -1.03. The summed E-state index contributed by atoms with van der Waals surface area (Å²) in [6, 6.07) is -0.773. The fourth-order valence-corrected chi connectivity index (χ4v) is 3.17. The Morgan fingerprint density at radius 1 is 0.833 bits per heavy atom. The number of esters is 1. The lowest BCUT2D eigenvalue weighted by molar-refractivity contribution is -0.145. The van der Waals surface area contributed by atoms with Crippen molar-refractivity contribution in [2.24, 2.45) is 0 Å². The monoisotopic (exact) mass is 428 g/mol. The van der Waals surface area contributed by atoms with Crippen LogP contribution >= 0.6 is 0 Å². The number of amides is 2. The summed E-state index contributed by atoms with van der Waals surface area (Å²) in [5, 5.41) is 0. The van der Waals surface area contributed by atoms with E-state index in [0.29, 0.717) is 19.5 Å². The van der Waals surface area contributed by atoms with Gasteiger partial charge in [0.2, 0.25) is 0 Å². The van der Waals surface area contributed by atoms with Gasteiger partial charge < -0.3 is 19.0 Å². The summed E-state index contributed by atoms with van der Waals surface area (Å²) in [5.74, 6) is -0.372. The van der Waals surface area contributed by atoms with Crippen molar-refractivity contribution in [2.75, 3.05) is 20.2 Å². The number of nitrogens with zero attached hydrogens (tertiary/aromatic N) is 2. The molecule has 0 spiro atoms. The number of rotatable bonds is 2. The number of carbonyl (C=O) groups excluding carboxylic acids is 4. The van der Waals surface area contributed by atoms with Crippen molar-refractivity contribution in [1.29, 1.82) is 0 Å². The van der Waals surface area contributed by atoms with Crippen LogP contribution in [0.15, 0.2) is 0 Å². The number of hydrogen-bond donors (Lipinski definition) is 0. The van der Waals surface area contributed by atoms with Crippen LogP contribution in [-0.2, 0) is 23.8 Å². The zero-order valence-electron chi connectivity index (χ0n) is 19.2. The molecule has 2 unspecified atom stereocenters. The molecule has 2 amide bonds. The van der Waals surface area contributed by atoms with Crippen LogP contribution in [0, 0.1) is 0 Å². The van der Waals surface area contributed by atoms with Crippen LogP contribution in [-0.4, -0.2) is 77.7 Å². The molecule has 0 aliphatic carbocycles.